The third kappa shape index (κ3) is 3.81. The Morgan fingerprint density at radius 3 is 2.18 bits per heavy atom. The molecule has 1 radical (unpaired) electrons. The summed E-state index contributed by atoms with van der Waals surface area (Å²) in [4.78, 5) is 9.02. The number of rotatable bonds is 3. The van der Waals surface area contributed by atoms with Crippen molar-refractivity contribution in [3.8, 4) is 33.6 Å². The molecule has 2 nitrogen and oxygen atoms in total. The van der Waals surface area contributed by atoms with E-state index < -0.39 is 0 Å². The first kappa shape index (κ1) is 19.4. The third-order valence-corrected chi connectivity index (χ3v) is 5.53. The van der Waals surface area contributed by atoms with E-state index in [9.17, 15) is 0 Å². The zero-order valence-electron chi connectivity index (χ0n) is 14.3. The van der Waals surface area contributed by atoms with E-state index in [2.05, 4.69) is 32.0 Å². The lowest BCUT2D eigenvalue weighted by atomic mass is 9.90. The lowest BCUT2D eigenvalue weighted by molar-refractivity contribution is 1.30. The Morgan fingerprint density at radius 1 is 0.750 bits per heavy atom. The molecule has 2 heterocycles. The van der Waals surface area contributed by atoms with Crippen LogP contribution >= 0.6 is 50.7 Å². The standard InChI is InChI=1S/C22H11BrCl3N2/c23-13-5-9-20(27-11-13)22-18(26)8-7-16(19-10-6-14(24)12-28-19)21(22)15-3-1-2-4-17(15)25/h1-7,9-12H. The van der Waals surface area contributed by atoms with E-state index in [1.165, 1.54) is 0 Å². The van der Waals surface area contributed by atoms with Gasteiger partial charge in [0.1, 0.15) is 0 Å². The van der Waals surface area contributed by atoms with Gasteiger partial charge in [-0.2, -0.15) is 0 Å². The molecule has 0 fully saturated rings. The van der Waals surface area contributed by atoms with Gasteiger partial charge >= 0.3 is 0 Å². The Labute approximate surface area is 186 Å². The highest BCUT2D eigenvalue weighted by atomic mass is 79.9. The van der Waals surface area contributed by atoms with Gasteiger partial charge in [-0.25, -0.2) is 0 Å². The highest BCUT2D eigenvalue weighted by molar-refractivity contribution is 9.10. The van der Waals surface area contributed by atoms with E-state index in [-0.39, 0.29) is 0 Å². The summed E-state index contributed by atoms with van der Waals surface area (Å²) in [5, 5.41) is 1.64. The summed E-state index contributed by atoms with van der Waals surface area (Å²) in [6, 6.07) is 20.0. The largest absolute Gasteiger partial charge is 0.255 e. The first-order valence-electron chi connectivity index (χ1n) is 8.27. The monoisotopic (exact) mass is 487 g/mol. The molecule has 4 aromatic rings. The number of aromatic nitrogens is 2. The highest BCUT2D eigenvalue weighted by Crippen LogP contribution is 2.44. The first-order chi connectivity index (χ1) is 13.5. The lowest BCUT2D eigenvalue weighted by Gasteiger charge is -2.17. The molecule has 2 aromatic carbocycles. The number of benzene rings is 2. The summed E-state index contributed by atoms with van der Waals surface area (Å²) in [5.41, 5.74) is 4.73. The van der Waals surface area contributed by atoms with E-state index in [1.54, 1.807) is 18.5 Å². The van der Waals surface area contributed by atoms with Crippen molar-refractivity contribution < 1.29 is 0 Å². The van der Waals surface area contributed by atoms with Crippen LogP contribution in [-0.4, -0.2) is 9.97 Å². The van der Waals surface area contributed by atoms with Crippen LogP contribution in [0.3, 0.4) is 0 Å². The molecule has 4 rings (SSSR count). The number of hydrogen-bond acceptors (Lipinski definition) is 2. The second-order valence-electron chi connectivity index (χ2n) is 5.97. The van der Waals surface area contributed by atoms with E-state index in [1.807, 2.05) is 48.5 Å². The van der Waals surface area contributed by atoms with Crippen LogP contribution in [0.2, 0.25) is 15.1 Å². The van der Waals surface area contributed by atoms with Gasteiger partial charge in [-0.05, 0) is 52.3 Å². The van der Waals surface area contributed by atoms with Crippen molar-refractivity contribution in [3.63, 3.8) is 0 Å². The molecule has 0 N–H and O–H groups in total. The van der Waals surface area contributed by atoms with Gasteiger partial charge in [-0.1, -0.05) is 53.0 Å². The van der Waals surface area contributed by atoms with Crippen LogP contribution in [0.4, 0.5) is 0 Å². The predicted octanol–water partition coefficient (Wildman–Crippen LogP) is 8.00. The van der Waals surface area contributed by atoms with Crippen LogP contribution in [-0.2, 0) is 0 Å². The van der Waals surface area contributed by atoms with Gasteiger partial charge in [0.25, 0.3) is 0 Å². The van der Waals surface area contributed by atoms with Gasteiger partial charge in [-0.15, -0.1) is 0 Å². The van der Waals surface area contributed by atoms with Crippen LogP contribution in [0, 0.1) is 6.07 Å². The minimum absolute atomic E-state index is 0.461. The molecule has 6 heteroatoms. The normalized spacial score (nSPS) is 10.9. The second kappa shape index (κ2) is 8.22. The maximum Gasteiger partial charge on any atom is 0.0724 e. The van der Waals surface area contributed by atoms with Crippen molar-refractivity contribution in [2.24, 2.45) is 0 Å². The maximum absolute atomic E-state index is 6.60. The second-order valence-corrected chi connectivity index (χ2v) is 8.11. The van der Waals surface area contributed by atoms with Gasteiger partial charge < -0.3 is 0 Å². The summed E-state index contributed by atoms with van der Waals surface area (Å²) in [6.07, 6.45) is 3.34. The topological polar surface area (TPSA) is 25.8 Å². The zero-order chi connectivity index (χ0) is 19.7. The Hall–Kier alpha value is -1.91. The minimum atomic E-state index is 0.461. The van der Waals surface area contributed by atoms with Crippen molar-refractivity contribution >= 4 is 50.7 Å². The fraction of sp³-hybridized carbons (Fsp3) is 0. The molecule has 0 spiro atoms. The van der Waals surface area contributed by atoms with E-state index >= 15 is 0 Å². The zero-order valence-corrected chi connectivity index (χ0v) is 18.1. The molecule has 0 aliphatic carbocycles. The molecule has 28 heavy (non-hydrogen) atoms. The smallest absolute Gasteiger partial charge is 0.0724 e. The molecule has 0 aliphatic heterocycles. The Balaban J connectivity index is 2.08. The van der Waals surface area contributed by atoms with Gasteiger partial charge in [0, 0.05) is 50.2 Å². The SMILES string of the molecule is Clc1ccc(-c2c[c]c(Cl)c(-c3ccc(Br)cn3)c2-c2ccccc2Cl)nc1. The van der Waals surface area contributed by atoms with E-state index in [0.29, 0.717) is 15.1 Å². The predicted molar refractivity (Wildman–Crippen MR) is 120 cm³/mol. The van der Waals surface area contributed by atoms with Crippen molar-refractivity contribution in [1.29, 1.82) is 0 Å². The molecule has 0 saturated carbocycles. The van der Waals surface area contributed by atoms with Crippen molar-refractivity contribution in [2.75, 3.05) is 0 Å². The van der Waals surface area contributed by atoms with Crippen LogP contribution in [0.15, 0.2) is 71.5 Å². The van der Waals surface area contributed by atoms with Gasteiger partial charge in [0.15, 0.2) is 0 Å². The Kier molecular flexibility index (Phi) is 5.70. The molecule has 0 amide bonds. The molecule has 0 saturated heterocycles. The van der Waals surface area contributed by atoms with Gasteiger partial charge in [-0.3, -0.25) is 9.97 Å². The van der Waals surface area contributed by atoms with Crippen molar-refractivity contribution in [1.82, 2.24) is 9.97 Å². The van der Waals surface area contributed by atoms with Crippen molar-refractivity contribution in [3.05, 3.63) is 92.6 Å². The molecular weight excluding hydrogens is 479 g/mol. The third-order valence-electron chi connectivity index (χ3n) is 4.21. The van der Waals surface area contributed by atoms with E-state index in [0.717, 1.165) is 38.1 Å². The van der Waals surface area contributed by atoms with Crippen LogP contribution in [0.5, 0.6) is 0 Å². The number of nitrogens with zero attached hydrogens (tertiary/aromatic N) is 2. The van der Waals surface area contributed by atoms with Gasteiger partial charge in [0.2, 0.25) is 0 Å². The summed E-state index contributed by atoms with van der Waals surface area (Å²) < 4.78 is 0.881. The summed E-state index contributed by atoms with van der Waals surface area (Å²) in [7, 11) is 0. The van der Waals surface area contributed by atoms with Crippen LogP contribution in [0.25, 0.3) is 33.6 Å². The van der Waals surface area contributed by atoms with E-state index in [4.69, 9.17) is 34.8 Å². The van der Waals surface area contributed by atoms with Gasteiger partial charge in [0.05, 0.1) is 21.4 Å². The number of pyridine rings is 2. The molecule has 0 atom stereocenters. The first-order valence-corrected chi connectivity index (χ1v) is 10.2. The minimum Gasteiger partial charge on any atom is -0.255 e. The van der Waals surface area contributed by atoms with Crippen LogP contribution < -0.4 is 0 Å². The Morgan fingerprint density at radius 2 is 1.50 bits per heavy atom. The lowest BCUT2D eigenvalue weighted by Crippen LogP contribution is -1.95. The molecule has 0 aliphatic rings. The molecule has 0 bridgehead atoms. The number of hydrogen-bond donors (Lipinski definition) is 0. The average molecular weight is 490 g/mol. The quantitative estimate of drug-likeness (QED) is 0.291. The molecule has 0 unspecified atom stereocenters. The molecule has 137 valence electrons. The summed E-state index contributed by atoms with van der Waals surface area (Å²) in [6.45, 7) is 0. The fourth-order valence-corrected chi connectivity index (χ4v) is 3.79. The highest BCUT2D eigenvalue weighted by Gasteiger charge is 2.20. The summed E-state index contributed by atoms with van der Waals surface area (Å²) >= 11 is 22.6. The van der Waals surface area contributed by atoms with Crippen LogP contribution in [0.1, 0.15) is 0 Å². The molecular formula is C22H11BrCl3N2. The summed E-state index contributed by atoms with van der Waals surface area (Å²) in [5.74, 6) is 0. The number of halogens is 4. The fourth-order valence-electron chi connectivity index (χ4n) is 2.97. The maximum atomic E-state index is 6.60. The Bertz CT molecular complexity index is 1140. The molecule has 2 aromatic heterocycles. The average Bonchev–Trinajstić information content (AvgIpc) is 2.70. The van der Waals surface area contributed by atoms with Crippen molar-refractivity contribution in [2.45, 2.75) is 0 Å².